The topological polar surface area (TPSA) is 67.9 Å². The van der Waals surface area contributed by atoms with Crippen LogP contribution in [0.5, 0.6) is 0 Å². The molecule has 0 spiro atoms. The van der Waals surface area contributed by atoms with Gasteiger partial charge in [-0.25, -0.2) is 9.78 Å². The van der Waals surface area contributed by atoms with Gasteiger partial charge < -0.3 is 4.74 Å². The highest BCUT2D eigenvalue weighted by Gasteiger charge is 2.14. The number of aromatic nitrogens is 3. The minimum Gasteiger partial charge on any atom is -0.460 e. The van der Waals surface area contributed by atoms with Gasteiger partial charge in [0.2, 0.25) is 0 Å². The van der Waals surface area contributed by atoms with Crippen LogP contribution in [0.2, 0.25) is 0 Å². The fraction of sp³-hybridized carbons (Fsp3) is 0.222. The van der Waals surface area contributed by atoms with Crippen LogP contribution in [-0.2, 0) is 4.74 Å². The maximum absolute atomic E-state index is 11.3. The zero-order chi connectivity index (χ0) is 10.7. The molecule has 6 heteroatoms. The predicted molar refractivity (Wildman–Crippen MR) is 55.7 cm³/mol. The van der Waals surface area contributed by atoms with Crippen molar-refractivity contribution in [2.24, 2.45) is 0 Å². The number of ether oxygens (including phenoxy) is 1. The third-order valence-corrected chi connectivity index (χ3v) is 2.57. The lowest BCUT2D eigenvalue weighted by atomic mass is 10.4. The van der Waals surface area contributed by atoms with Crippen molar-refractivity contribution in [2.45, 2.75) is 6.92 Å². The van der Waals surface area contributed by atoms with E-state index in [9.17, 15) is 4.79 Å². The van der Waals surface area contributed by atoms with Crippen LogP contribution < -0.4 is 0 Å². The quantitative estimate of drug-likeness (QED) is 0.804. The Morgan fingerprint density at radius 2 is 2.53 bits per heavy atom. The summed E-state index contributed by atoms with van der Waals surface area (Å²) >= 11 is 1.53. The largest absolute Gasteiger partial charge is 0.460 e. The van der Waals surface area contributed by atoms with Crippen molar-refractivity contribution < 1.29 is 9.53 Å². The molecule has 0 aliphatic carbocycles. The highest BCUT2D eigenvalue weighted by molar-refractivity contribution is 7.13. The molecule has 0 aliphatic rings. The van der Waals surface area contributed by atoms with E-state index in [0.717, 1.165) is 4.88 Å². The number of carbonyl (C=O) groups is 1. The van der Waals surface area contributed by atoms with E-state index in [2.05, 4.69) is 15.2 Å². The molecule has 0 unspecified atom stereocenters. The molecule has 1 N–H and O–H groups in total. The second-order valence-corrected chi connectivity index (χ2v) is 3.65. The number of aromatic amines is 1. The third-order valence-electron chi connectivity index (χ3n) is 1.70. The fourth-order valence-electron chi connectivity index (χ4n) is 1.07. The van der Waals surface area contributed by atoms with Crippen molar-refractivity contribution in [1.29, 1.82) is 0 Å². The lowest BCUT2D eigenvalue weighted by Crippen LogP contribution is -2.06. The van der Waals surface area contributed by atoms with Crippen molar-refractivity contribution >= 4 is 17.3 Å². The normalized spacial score (nSPS) is 10.2. The molecular formula is C9H9N3O2S. The zero-order valence-electron chi connectivity index (χ0n) is 8.06. The predicted octanol–water partition coefficient (Wildman–Crippen LogP) is 1.71. The van der Waals surface area contributed by atoms with E-state index in [-0.39, 0.29) is 5.82 Å². The van der Waals surface area contributed by atoms with Crippen LogP contribution in [0, 0.1) is 0 Å². The van der Waals surface area contributed by atoms with E-state index in [1.165, 1.54) is 11.3 Å². The van der Waals surface area contributed by atoms with Crippen LogP contribution in [0.3, 0.4) is 0 Å². The molecule has 0 amide bonds. The highest BCUT2D eigenvalue weighted by atomic mass is 32.1. The number of nitrogens with zero attached hydrogens (tertiary/aromatic N) is 2. The molecule has 78 valence electrons. The van der Waals surface area contributed by atoms with Crippen molar-refractivity contribution in [1.82, 2.24) is 15.2 Å². The molecule has 2 aromatic heterocycles. The Morgan fingerprint density at radius 3 is 3.20 bits per heavy atom. The summed E-state index contributed by atoms with van der Waals surface area (Å²) in [5, 5.41) is 8.42. The van der Waals surface area contributed by atoms with Gasteiger partial charge in [-0.2, -0.15) is 0 Å². The second-order valence-electron chi connectivity index (χ2n) is 2.71. The molecule has 0 atom stereocenters. The number of H-pyrrole nitrogens is 1. The van der Waals surface area contributed by atoms with Gasteiger partial charge >= 0.3 is 5.97 Å². The SMILES string of the molecule is CCOC(=O)c1n[nH]c(-c2cccs2)n1. The molecule has 0 radical (unpaired) electrons. The molecular weight excluding hydrogens is 214 g/mol. The summed E-state index contributed by atoms with van der Waals surface area (Å²) < 4.78 is 4.78. The third kappa shape index (κ3) is 2.04. The van der Waals surface area contributed by atoms with Gasteiger partial charge in [0, 0.05) is 0 Å². The molecule has 0 bridgehead atoms. The zero-order valence-corrected chi connectivity index (χ0v) is 8.87. The summed E-state index contributed by atoms with van der Waals surface area (Å²) in [5.74, 6) is 0.157. The van der Waals surface area contributed by atoms with E-state index < -0.39 is 5.97 Å². The van der Waals surface area contributed by atoms with E-state index in [4.69, 9.17) is 4.74 Å². The van der Waals surface area contributed by atoms with Crippen LogP contribution >= 0.6 is 11.3 Å². The van der Waals surface area contributed by atoms with E-state index in [0.29, 0.717) is 12.4 Å². The molecule has 0 saturated heterocycles. The average molecular weight is 223 g/mol. The van der Waals surface area contributed by atoms with Gasteiger partial charge in [-0.05, 0) is 18.4 Å². The Labute approximate surface area is 90.1 Å². The van der Waals surface area contributed by atoms with Crippen molar-refractivity contribution in [2.75, 3.05) is 6.61 Å². The molecule has 0 aliphatic heterocycles. The van der Waals surface area contributed by atoms with Crippen LogP contribution in [0.25, 0.3) is 10.7 Å². The number of nitrogens with one attached hydrogen (secondary N) is 1. The lowest BCUT2D eigenvalue weighted by molar-refractivity contribution is 0.0512. The first-order valence-electron chi connectivity index (χ1n) is 4.44. The minimum absolute atomic E-state index is 0.0697. The summed E-state index contributed by atoms with van der Waals surface area (Å²) in [7, 11) is 0. The molecule has 0 aromatic carbocycles. The molecule has 0 saturated carbocycles. The maximum Gasteiger partial charge on any atom is 0.378 e. The molecule has 2 rings (SSSR count). The van der Waals surface area contributed by atoms with E-state index in [1.807, 2.05) is 17.5 Å². The summed E-state index contributed by atoms with van der Waals surface area (Å²) in [6.07, 6.45) is 0. The van der Waals surface area contributed by atoms with Gasteiger partial charge in [0.25, 0.3) is 5.82 Å². The Kier molecular flexibility index (Phi) is 2.77. The van der Waals surface area contributed by atoms with Crippen LogP contribution in [-0.4, -0.2) is 27.8 Å². The summed E-state index contributed by atoms with van der Waals surface area (Å²) in [4.78, 5) is 16.2. The van der Waals surface area contributed by atoms with Gasteiger partial charge in [0.05, 0.1) is 11.5 Å². The first kappa shape index (κ1) is 9.85. The second kappa shape index (κ2) is 4.22. The van der Waals surface area contributed by atoms with E-state index in [1.54, 1.807) is 6.92 Å². The summed E-state index contributed by atoms with van der Waals surface area (Å²) in [6.45, 7) is 2.06. The van der Waals surface area contributed by atoms with Gasteiger partial charge in [0.1, 0.15) is 0 Å². The first-order chi connectivity index (χ1) is 7.31. The van der Waals surface area contributed by atoms with Crippen molar-refractivity contribution in [3.8, 4) is 10.7 Å². The highest BCUT2D eigenvalue weighted by Crippen LogP contribution is 2.20. The van der Waals surface area contributed by atoms with Crippen molar-refractivity contribution in [3.05, 3.63) is 23.3 Å². The fourth-order valence-corrected chi connectivity index (χ4v) is 1.74. The van der Waals surface area contributed by atoms with Crippen LogP contribution in [0.1, 0.15) is 17.5 Å². The first-order valence-corrected chi connectivity index (χ1v) is 5.32. The number of carbonyl (C=O) groups excluding carboxylic acids is 1. The van der Waals surface area contributed by atoms with Crippen molar-refractivity contribution in [3.63, 3.8) is 0 Å². The Bertz CT molecular complexity index is 450. The maximum atomic E-state index is 11.3. The van der Waals surface area contributed by atoms with Gasteiger partial charge in [-0.1, -0.05) is 6.07 Å². The minimum atomic E-state index is -0.503. The number of thiophene rings is 1. The van der Waals surface area contributed by atoms with Crippen LogP contribution in [0.4, 0.5) is 0 Å². The standard InChI is InChI=1S/C9H9N3O2S/c1-2-14-9(13)8-10-7(11-12-8)6-4-3-5-15-6/h3-5H,2H2,1H3,(H,10,11,12). The molecule has 2 aromatic rings. The number of hydrogen-bond acceptors (Lipinski definition) is 5. The molecule has 0 fully saturated rings. The summed E-state index contributed by atoms with van der Waals surface area (Å²) in [5.41, 5.74) is 0. The average Bonchev–Trinajstić information content (AvgIpc) is 2.89. The van der Waals surface area contributed by atoms with Gasteiger partial charge in [-0.3, -0.25) is 5.10 Å². The number of hydrogen-bond donors (Lipinski definition) is 1. The number of esters is 1. The Balaban J connectivity index is 2.21. The monoisotopic (exact) mass is 223 g/mol. The van der Waals surface area contributed by atoms with Crippen LogP contribution in [0.15, 0.2) is 17.5 Å². The number of rotatable bonds is 3. The van der Waals surface area contributed by atoms with Gasteiger partial charge in [-0.15, -0.1) is 16.4 Å². The lowest BCUT2D eigenvalue weighted by Gasteiger charge is -1.94. The molecule has 15 heavy (non-hydrogen) atoms. The Hall–Kier alpha value is -1.69. The summed E-state index contributed by atoms with van der Waals surface area (Å²) in [6, 6.07) is 3.81. The molecule has 5 nitrogen and oxygen atoms in total. The van der Waals surface area contributed by atoms with Gasteiger partial charge in [0.15, 0.2) is 5.82 Å². The smallest absolute Gasteiger partial charge is 0.378 e. The molecule has 2 heterocycles. The van der Waals surface area contributed by atoms with E-state index >= 15 is 0 Å². The Morgan fingerprint density at radius 1 is 1.67 bits per heavy atom.